The highest BCUT2D eigenvalue weighted by Gasteiger charge is 2.21. The van der Waals surface area contributed by atoms with E-state index in [1.807, 2.05) is 19.3 Å². The zero-order valence-corrected chi connectivity index (χ0v) is 17.6. The number of imidazole rings is 1. The highest BCUT2D eigenvalue weighted by Crippen LogP contribution is 2.28. The van der Waals surface area contributed by atoms with E-state index in [0.29, 0.717) is 26.6 Å². The minimum atomic E-state index is -0.0783. The SMILES string of the molecule is Cn1c(-c2ccc(Cl)c(Cl)c2)c[n+](CC(=O)c2cccc(Cl)c2)c1N.[Br-]. The molecule has 2 N–H and O–H groups in total. The molecule has 0 spiro atoms. The molecule has 136 valence electrons. The molecule has 1 heterocycles. The third-order valence-electron chi connectivity index (χ3n) is 3.95. The summed E-state index contributed by atoms with van der Waals surface area (Å²) in [5.74, 6) is 0.377. The fraction of sp³-hybridized carbons (Fsp3) is 0.111. The lowest BCUT2D eigenvalue weighted by molar-refractivity contribution is -0.667. The number of aromatic nitrogens is 2. The van der Waals surface area contributed by atoms with Gasteiger partial charge in [0.15, 0.2) is 5.78 Å². The Morgan fingerprint density at radius 1 is 1.12 bits per heavy atom. The quantitative estimate of drug-likeness (QED) is 0.458. The molecule has 1 aromatic heterocycles. The molecule has 0 bridgehead atoms. The lowest BCUT2D eigenvalue weighted by Crippen LogP contribution is -3.00. The molecule has 0 saturated carbocycles. The minimum absolute atomic E-state index is 0. The smallest absolute Gasteiger partial charge is 0.355 e. The van der Waals surface area contributed by atoms with Gasteiger partial charge in [-0.2, -0.15) is 0 Å². The van der Waals surface area contributed by atoms with E-state index in [1.54, 1.807) is 45.5 Å². The number of ketones is 1. The van der Waals surface area contributed by atoms with Crippen LogP contribution in [0.5, 0.6) is 0 Å². The average Bonchev–Trinajstić information content (AvgIpc) is 2.86. The van der Waals surface area contributed by atoms with Gasteiger partial charge in [-0.15, -0.1) is 0 Å². The van der Waals surface area contributed by atoms with Gasteiger partial charge in [0, 0.05) is 16.1 Å². The molecule has 8 heteroatoms. The molecule has 0 atom stereocenters. The number of Topliss-reactive ketones (excluding diaryl/α,β-unsaturated/α-hetero) is 1. The van der Waals surface area contributed by atoms with Gasteiger partial charge >= 0.3 is 5.95 Å². The van der Waals surface area contributed by atoms with Crippen molar-refractivity contribution in [3.05, 3.63) is 69.3 Å². The van der Waals surface area contributed by atoms with Gasteiger partial charge in [-0.1, -0.05) is 46.9 Å². The Kier molecular flexibility index (Phi) is 6.74. The van der Waals surface area contributed by atoms with Crippen molar-refractivity contribution in [3.63, 3.8) is 0 Å². The van der Waals surface area contributed by atoms with Gasteiger partial charge < -0.3 is 17.0 Å². The van der Waals surface area contributed by atoms with Gasteiger partial charge in [0.25, 0.3) is 0 Å². The number of hydrogen-bond acceptors (Lipinski definition) is 2. The molecule has 0 aliphatic carbocycles. The molecule has 4 nitrogen and oxygen atoms in total. The summed E-state index contributed by atoms with van der Waals surface area (Å²) >= 11 is 18.0. The predicted molar refractivity (Wildman–Crippen MR) is 101 cm³/mol. The first kappa shape index (κ1) is 20.8. The molecule has 0 aliphatic heterocycles. The maximum absolute atomic E-state index is 12.5. The zero-order valence-electron chi connectivity index (χ0n) is 13.7. The van der Waals surface area contributed by atoms with Crippen LogP contribution >= 0.6 is 34.8 Å². The number of benzene rings is 2. The molecular formula is C18H15BrCl3N3O. The summed E-state index contributed by atoms with van der Waals surface area (Å²) in [6, 6.07) is 12.2. The summed E-state index contributed by atoms with van der Waals surface area (Å²) < 4.78 is 3.49. The number of anilines is 1. The maximum Gasteiger partial charge on any atom is 0.355 e. The predicted octanol–water partition coefficient (Wildman–Crippen LogP) is 1.41. The molecule has 0 aliphatic rings. The number of carbonyl (C=O) groups excluding carboxylic acids is 1. The van der Waals surface area contributed by atoms with Gasteiger partial charge in [-0.3, -0.25) is 10.5 Å². The molecule has 2 aromatic carbocycles. The van der Waals surface area contributed by atoms with Crippen molar-refractivity contribution in [1.29, 1.82) is 0 Å². The number of hydrogen-bond donors (Lipinski definition) is 1. The highest BCUT2D eigenvalue weighted by molar-refractivity contribution is 6.42. The van der Waals surface area contributed by atoms with Crippen molar-refractivity contribution < 1.29 is 26.3 Å². The normalized spacial score (nSPS) is 10.5. The van der Waals surface area contributed by atoms with Crippen LogP contribution < -0.4 is 27.3 Å². The Labute approximate surface area is 176 Å². The molecule has 0 saturated heterocycles. The summed E-state index contributed by atoms with van der Waals surface area (Å²) in [6.45, 7) is 0.112. The van der Waals surface area contributed by atoms with Crippen LogP contribution in [0.1, 0.15) is 10.4 Å². The zero-order chi connectivity index (χ0) is 18.1. The molecule has 3 rings (SSSR count). The summed E-state index contributed by atoms with van der Waals surface area (Å²) in [7, 11) is 1.83. The highest BCUT2D eigenvalue weighted by atomic mass is 79.9. The Morgan fingerprint density at radius 2 is 1.85 bits per heavy atom. The number of halogens is 4. The Morgan fingerprint density at radius 3 is 2.50 bits per heavy atom. The number of carbonyl (C=O) groups is 1. The van der Waals surface area contributed by atoms with Crippen LogP contribution in [0, 0.1) is 0 Å². The van der Waals surface area contributed by atoms with Crippen LogP contribution in [0.4, 0.5) is 5.95 Å². The van der Waals surface area contributed by atoms with Crippen molar-refractivity contribution in [2.24, 2.45) is 7.05 Å². The fourth-order valence-corrected chi connectivity index (χ4v) is 3.06. The molecular weight excluding hydrogens is 460 g/mol. The Bertz CT molecular complexity index is 972. The maximum atomic E-state index is 12.5. The summed E-state index contributed by atoms with van der Waals surface area (Å²) in [5.41, 5.74) is 8.38. The summed E-state index contributed by atoms with van der Waals surface area (Å²) in [6.07, 6.45) is 1.82. The lowest BCUT2D eigenvalue weighted by atomic mass is 10.1. The summed E-state index contributed by atoms with van der Waals surface area (Å²) in [4.78, 5) is 12.5. The first-order valence-electron chi connectivity index (χ1n) is 7.45. The van der Waals surface area contributed by atoms with Crippen LogP contribution in [-0.4, -0.2) is 10.4 Å². The molecule has 0 radical (unpaired) electrons. The van der Waals surface area contributed by atoms with E-state index < -0.39 is 0 Å². The first-order valence-corrected chi connectivity index (χ1v) is 8.59. The Hall–Kier alpha value is -1.53. The number of nitrogens with zero attached hydrogens (tertiary/aromatic N) is 2. The topological polar surface area (TPSA) is 51.9 Å². The largest absolute Gasteiger partial charge is 1.00 e. The second kappa shape index (κ2) is 8.44. The monoisotopic (exact) mass is 473 g/mol. The second-order valence-corrected chi connectivity index (χ2v) is 6.87. The summed E-state index contributed by atoms with van der Waals surface area (Å²) in [5, 5.41) is 1.46. The molecule has 0 amide bonds. The number of nitrogens with two attached hydrogens (primary N) is 1. The molecule has 0 fully saturated rings. The first-order chi connectivity index (χ1) is 11.9. The molecule has 26 heavy (non-hydrogen) atoms. The van der Waals surface area contributed by atoms with Crippen molar-refractivity contribution in [3.8, 4) is 11.3 Å². The molecule has 3 aromatic rings. The molecule has 0 unspecified atom stereocenters. The van der Waals surface area contributed by atoms with Crippen molar-refractivity contribution in [2.75, 3.05) is 5.73 Å². The van der Waals surface area contributed by atoms with Crippen molar-refractivity contribution in [2.45, 2.75) is 6.54 Å². The van der Waals surface area contributed by atoms with Crippen LogP contribution in [0.15, 0.2) is 48.7 Å². The number of rotatable bonds is 4. The van der Waals surface area contributed by atoms with Crippen LogP contribution in [-0.2, 0) is 13.6 Å². The van der Waals surface area contributed by atoms with Gasteiger partial charge in [0.2, 0.25) is 0 Å². The van der Waals surface area contributed by atoms with Gasteiger partial charge in [-0.25, -0.2) is 9.13 Å². The van der Waals surface area contributed by atoms with E-state index in [9.17, 15) is 4.79 Å². The third-order valence-corrected chi connectivity index (χ3v) is 4.93. The van der Waals surface area contributed by atoms with Crippen molar-refractivity contribution >= 4 is 46.5 Å². The van der Waals surface area contributed by atoms with Gasteiger partial charge in [-0.05, 0) is 30.3 Å². The third kappa shape index (κ3) is 4.23. The van der Waals surface area contributed by atoms with E-state index in [2.05, 4.69) is 0 Å². The van der Waals surface area contributed by atoms with E-state index >= 15 is 0 Å². The van der Waals surface area contributed by atoms with E-state index in [4.69, 9.17) is 40.5 Å². The van der Waals surface area contributed by atoms with E-state index in [1.165, 1.54) is 0 Å². The standard InChI is InChI=1S/C18H14Cl3N3O.BrH/c1-23-16(11-5-6-14(20)15(21)8-11)9-24(18(23)22)10-17(25)12-3-2-4-13(19)7-12;/h2-9,22H,10H2,1H3;1H. The van der Waals surface area contributed by atoms with E-state index in [-0.39, 0.29) is 29.3 Å². The lowest BCUT2D eigenvalue weighted by Gasteiger charge is -2.01. The number of nitrogen functional groups attached to an aromatic ring is 1. The fourth-order valence-electron chi connectivity index (χ4n) is 2.57. The van der Waals surface area contributed by atoms with Gasteiger partial charge in [0.05, 0.1) is 17.1 Å². The Balaban J connectivity index is 0.00000243. The van der Waals surface area contributed by atoms with Crippen LogP contribution in [0.2, 0.25) is 15.1 Å². The average molecular weight is 476 g/mol. The van der Waals surface area contributed by atoms with E-state index in [0.717, 1.165) is 11.3 Å². The van der Waals surface area contributed by atoms with Crippen molar-refractivity contribution in [1.82, 2.24) is 4.57 Å². The van der Waals surface area contributed by atoms with Crippen LogP contribution in [0.3, 0.4) is 0 Å². The van der Waals surface area contributed by atoms with Crippen LogP contribution in [0.25, 0.3) is 11.3 Å². The second-order valence-electron chi connectivity index (χ2n) is 5.62. The van der Waals surface area contributed by atoms with Gasteiger partial charge in [0.1, 0.15) is 18.4 Å². The minimum Gasteiger partial charge on any atom is -1.00 e.